The van der Waals surface area contributed by atoms with Gasteiger partial charge in [0.25, 0.3) is 0 Å². The molecule has 0 spiro atoms. The summed E-state index contributed by atoms with van der Waals surface area (Å²) in [5, 5.41) is 4.03. The molecule has 2 nitrogen and oxygen atoms in total. The summed E-state index contributed by atoms with van der Waals surface area (Å²) in [4.78, 5) is 0. The van der Waals surface area contributed by atoms with Crippen LogP contribution in [0.4, 0.5) is 5.69 Å². The monoisotopic (exact) mass is 198 g/mol. The summed E-state index contributed by atoms with van der Waals surface area (Å²) in [6.07, 6.45) is 0. The molecule has 2 unspecified atom stereocenters. The highest BCUT2D eigenvalue weighted by molar-refractivity contribution is 6.30. The molecular weight excluding hydrogens is 184 g/mol. The molecule has 0 radical (unpaired) electrons. The predicted molar refractivity (Wildman–Crippen MR) is 58.2 cm³/mol. The van der Waals surface area contributed by atoms with E-state index < -0.39 is 0 Å². The first-order valence-electron chi connectivity index (χ1n) is 4.37. The Balaban J connectivity index is 2.59. The van der Waals surface area contributed by atoms with Gasteiger partial charge in [-0.25, -0.2) is 0 Å². The number of nitrogens with two attached hydrogens (primary N) is 1. The van der Waals surface area contributed by atoms with Crippen molar-refractivity contribution < 1.29 is 0 Å². The van der Waals surface area contributed by atoms with Crippen molar-refractivity contribution in [3.05, 3.63) is 29.3 Å². The molecule has 2 atom stereocenters. The third-order valence-corrected chi connectivity index (χ3v) is 2.28. The topological polar surface area (TPSA) is 38.0 Å². The number of rotatable bonds is 3. The van der Waals surface area contributed by atoms with Crippen LogP contribution in [-0.2, 0) is 0 Å². The lowest BCUT2D eigenvalue weighted by Crippen LogP contribution is -2.35. The van der Waals surface area contributed by atoms with Crippen molar-refractivity contribution in [2.75, 3.05) is 5.32 Å². The van der Waals surface area contributed by atoms with E-state index in [1.807, 2.05) is 31.2 Å². The van der Waals surface area contributed by atoms with E-state index in [0.717, 1.165) is 10.7 Å². The summed E-state index contributed by atoms with van der Waals surface area (Å²) in [5.74, 6) is 0. The van der Waals surface area contributed by atoms with Crippen LogP contribution in [-0.4, -0.2) is 12.1 Å². The van der Waals surface area contributed by atoms with Gasteiger partial charge in [-0.15, -0.1) is 0 Å². The first-order chi connectivity index (χ1) is 6.09. The van der Waals surface area contributed by atoms with Crippen LogP contribution in [0.15, 0.2) is 24.3 Å². The van der Waals surface area contributed by atoms with Gasteiger partial charge in [-0.2, -0.15) is 0 Å². The Bertz CT molecular complexity index is 256. The van der Waals surface area contributed by atoms with E-state index >= 15 is 0 Å². The number of nitrogens with one attached hydrogen (secondary N) is 1. The highest BCUT2D eigenvalue weighted by atomic mass is 35.5. The third-order valence-electron chi connectivity index (χ3n) is 2.03. The molecular formula is C10H15ClN2. The van der Waals surface area contributed by atoms with Gasteiger partial charge >= 0.3 is 0 Å². The number of benzene rings is 1. The van der Waals surface area contributed by atoms with E-state index in [0.29, 0.717) is 0 Å². The molecule has 3 heteroatoms. The van der Waals surface area contributed by atoms with Gasteiger partial charge in [0, 0.05) is 22.8 Å². The minimum atomic E-state index is 0.135. The lowest BCUT2D eigenvalue weighted by Gasteiger charge is -2.18. The molecule has 3 N–H and O–H groups in total. The van der Waals surface area contributed by atoms with Gasteiger partial charge in [-0.05, 0) is 38.1 Å². The summed E-state index contributed by atoms with van der Waals surface area (Å²) in [5.41, 5.74) is 6.78. The van der Waals surface area contributed by atoms with Gasteiger partial charge < -0.3 is 11.1 Å². The van der Waals surface area contributed by atoms with Crippen LogP contribution in [0.1, 0.15) is 13.8 Å². The highest BCUT2D eigenvalue weighted by Gasteiger charge is 2.05. The van der Waals surface area contributed by atoms with Gasteiger partial charge in [-0.1, -0.05) is 11.6 Å². The lowest BCUT2D eigenvalue weighted by atomic mass is 10.2. The molecule has 0 saturated heterocycles. The Labute approximate surface area is 84.1 Å². The largest absolute Gasteiger partial charge is 0.381 e. The van der Waals surface area contributed by atoms with Crippen LogP contribution in [0.3, 0.4) is 0 Å². The Kier molecular flexibility index (Phi) is 3.58. The van der Waals surface area contributed by atoms with Gasteiger partial charge in [0.05, 0.1) is 0 Å². The minimum absolute atomic E-state index is 0.135. The molecule has 1 rings (SSSR count). The van der Waals surface area contributed by atoms with E-state index in [1.54, 1.807) is 0 Å². The molecule has 0 heterocycles. The number of halogens is 1. The summed E-state index contributed by atoms with van der Waals surface area (Å²) >= 11 is 5.76. The molecule has 0 aliphatic heterocycles. The maximum absolute atomic E-state index is 5.76. The summed E-state index contributed by atoms with van der Waals surface area (Å²) in [6.45, 7) is 4.03. The van der Waals surface area contributed by atoms with Crippen LogP contribution in [0.5, 0.6) is 0 Å². The van der Waals surface area contributed by atoms with Gasteiger partial charge in [0.1, 0.15) is 0 Å². The Hall–Kier alpha value is -0.730. The van der Waals surface area contributed by atoms with Crippen molar-refractivity contribution in [2.45, 2.75) is 25.9 Å². The lowest BCUT2D eigenvalue weighted by molar-refractivity contribution is 0.638. The van der Waals surface area contributed by atoms with Gasteiger partial charge in [0.2, 0.25) is 0 Å². The normalized spacial score (nSPS) is 15.1. The van der Waals surface area contributed by atoms with Gasteiger partial charge in [-0.3, -0.25) is 0 Å². The predicted octanol–water partition coefficient (Wildman–Crippen LogP) is 2.49. The summed E-state index contributed by atoms with van der Waals surface area (Å²) in [6, 6.07) is 8.01. The third kappa shape index (κ3) is 3.25. The SMILES string of the molecule is CC(N)C(C)Nc1ccc(Cl)cc1. The zero-order valence-corrected chi connectivity index (χ0v) is 8.68. The second-order valence-electron chi connectivity index (χ2n) is 3.30. The molecule has 1 aromatic carbocycles. The second kappa shape index (κ2) is 4.49. The molecule has 0 fully saturated rings. The average molecular weight is 199 g/mol. The Morgan fingerprint density at radius 3 is 2.23 bits per heavy atom. The maximum atomic E-state index is 5.76. The summed E-state index contributed by atoms with van der Waals surface area (Å²) in [7, 11) is 0. The maximum Gasteiger partial charge on any atom is 0.0407 e. The molecule has 13 heavy (non-hydrogen) atoms. The fourth-order valence-electron chi connectivity index (χ4n) is 0.940. The Morgan fingerprint density at radius 2 is 1.77 bits per heavy atom. The quantitative estimate of drug-likeness (QED) is 0.783. The number of hydrogen-bond donors (Lipinski definition) is 2. The zero-order valence-electron chi connectivity index (χ0n) is 7.92. The first-order valence-corrected chi connectivity index (χ1v) is 4.75. The molecule has 0 aliphatic rings. The second-order valence-corrected chi connectivity index (χ2v) is 3.74. The zero-order chi connectivity index (χ0) is 9.84. The fraction of sp³-hybridized carbons (Fsp3) is 0.400. The fourth-order valence-corrected chi connectivity index (χ4v) is 1.07. The van der Waals surface area contributed by atoms with E-state index in [9.17, 15) is 0 Å². The molecule has 0 amide bonds. The van der Waals surface area contributed by atoms with Crippen LogP contribution in [0.25, 0.3) is 0 Å². The molecule has 0 bridgehead atoms. The van der Waals surface area contributed by atoms with Crippen LogP contribution in [0.2, 0.25) is 5.02 Å². The van der Waals surface area contributed by atoms with E-state index in [-0.39, 0.29) is 12.1 Å². The van der Waals surface area contributed by atoms with Crippen molar-refractivity contribution in [2.24, 2.45) is 5.73 Å². The van der Waals surface area contributed by atoms with Crippen molar-refractivity contribution in [3.63, 3.8) is 0 Å². The minimum Gasteiger partial charge on any atom is -0.381 e. The molecule has 0 saturated carbocycles. The number of anilines is 1. The smallest absolute Gasteiger partial charge is 0.0407 e. The van der Waals surface area contributed by atoms with E-state index in [4.69, 9.17) is 17.3 Å². The van der Waals surface area contributed by atoms with Crippen molar-refractivity contribution in [1.82, 2.24) is 0 Å². The van der Waals surface area contributed by atoms with Crippen molar-refractivity contribution in [1.29, 1.82) is 0 Å². The van der Waals surface area contributed by atoms with E-state index in [2.05, 4.69) is 12.2 Å². The van der Waals surface area contributed by atoms with Crippen LogP contribution >= 0.6 is 11.6 Å². The molecule has 0 aliphatic carbocycles. The first kappa shape index (κ1) is 10.4. The van der Waals surface area contributed by atoms with Crippen LogP contribution in [0, 0.1) is 0 Å². The van der Waals surface area contributed by atoms with Crippen molar-refractivity contribution >= 4 is 17.3 Å². The standard InChI is InChI=1S/C10H15ClN2/c1-7(12)8(2)13-10-5-3-9(11)4-6-10/h3-8,13H,12H2,1-2H3. The van der Waals surface area contributed by atoms with E-state index in [1.165, 1.54) is 0 Å². The highest BCUT2D eigenvalue weighted by Crippen LogP contribution is 2.14. The van der Waals surface area contributed by atoms with Gasteiger partial charge in [0.15, 0.2) is 0 Å². The molecule has 72 valence electrons. The molecule has 1 aromatic rings. The molecule has 0 aromatic heterocycles. The van der Waals surface area contributed by atoms with Crippen molar-refractivity contribution in [3.8, 4) is 0 Å². The average Bonchev–Trinajstić information content (AvgIpc) is 2.08. The van der Waals surface area contributed by atoms with Crippen LogP contribution < -0.4 is 11.1 Å². The number of hydrogen-bond acceptors (Lipinski definition) is 2. The Morgan fingerprint density at radius 1 is 1.23 bits per heavy atom. The summed E-state index contributed by atoms with van der Waals surface area (Å²) < 4.78 is 0.